The van der Waals surface area contributed by atoms with E-state index in [1.165, 1.54) is 11.1 Å². The zero-order chi connectivity index (χ0) is 22.6. The van der Waals surface area contributed by atoms with Crippen LogP contribution in [-0.4, -0.2) is 34.8 Å². The maximum Gasteiger partial charge on any atom is 0.408 e. The van der Waals surface area contributed by atoms with Gasteiger partial charge in [0.1, 0.15) is 18.2 Å². The fourth-order valence-electron chi connectivity index (χ4n) is 3.59. The molecule has 2 aromatic rings. The van der Waals surface area contributed by atoms with Crippen molar-refractivity contribution in [3.05, 3.63) is 59.2 Å². The molecule has 31 heavy (non-hydrogen) atoms. The molecule has 1 aliphatic carbocycles. The number of carbonyl (C=O) groups excluding carboxylic acids is 2. The van der Waals surface area contributed by atoms with E-state index in [1.54, 1.807) is 20.8 Å². The molecular weight excluding hydrogens is 398 g/mol. The molecule has 2 aromatic carbocycles. The Morgan fingerprint density at radius 2 is 1.77 bits per heavy atom. The summed E-state index contributed by atoms with van der Waals surface area (Å²) in [4.78, 5) is 35.5. The number of carboxylic acid groups (broad SMARTS) is 1. The summed E-state index contributed by atoms with van der Waals surface area (Å²) >= 11 is 0. The number of ether oxygens (including phenoxy) is 2. The van der Waals surface area contributed by atoms with E-state index in [4.69, 9.17) is 9.47 Å². The number of rotatable bonds is 7. The molecule has 3 rings (SSSR count). The van der Waals surface area contributed by atoms with Crippen molar-refractivity contribution in [2.75, 3.05) is 0 Å². The number of aliphatic carboxylic acids is 1. The summed E-state index contributed by atoms with van der Waals surface area (Å²) in [6, 6.07) is 12.9. The molecule has 7 heteroatoms. The number of hydrogen-bond acceptors (Lipinski definition) is 5. The maximum atomic E-state index is 12.2. The highest BCUT2D eigenvalue weighted by Gasteiger charge is 2.25. The molecule has 0 heterocycles. The van der Waals surface area contributed by atoms with E-state index in [1.807, 2.05) is 24.3 Å². The number of esters is 1. The molecule has 0 saturated carbocycles. The second-order valence-corrected chi connectivity index (χ2v) is 8.52. The van der Waals surface area contributed by atoms with Crippen molar-refractivity contribution >= 4 is 18.0 Å². The molecule has 0 bridgehead atoms. The van der Waals surface area contributed by atoms with Gasteiger partial charge in [0.15, 0.2) is 0 Å². The van der Waals surface area contributed by atoms with Gasteiger partial charge in [-0.1, -0.05) is 42.5 Å². The molecule has 0 aliphatic heterocycles. The molecule has 1 aliphatic rings. The first kappa shape index (κ1) is 22.3. The summed E-state index contributed by atoms with van der Waals surface area (Å²) in [5.41, 5.74) is 4.85. The molecule has 164 valence electrons. The molecule has 0 fully saturated rings. The predicted molar refractivity (Wildman–Crippen MR) is 115 cm³/mol. The van der Waals surface area contributed by atoms with Gasteiger partial charge in [-0.15, -0.1) is 0 Å². The molecule has 0 saturated heterocycles. The quantitative estimate of drug-likeness (QED) is 0.554. The molecule has 0 spiro atoms. The molecular formula is C24H27NO6. The maximum absolute atomic E-state index is 12.2. The van der Waals surface area contributed by atoms with Gasteiger partial charge in [0, 0.05) is 6.42 Å². The molecule has 0 aromatic heterocycles. The SMILES string of the molecule is CC(C)(C)OC(=O)N[C@@H](CCC(=O)OCc1cccc2c1-c1ccccc1C2)C(=O)O. The third kappa shape index (κ3) is 5.84. The van der Waals surface area contributed by atoms with Crippen LogP contribution in [0.5, 0.6) is 0 Å². The van der Waals surface area contributed by atoms with E-state index in [9.17, 15) is 19.5 Å². The van der Waals surface area contributed by atoms with Gasteiger partial charge < -0.3 is 19.9 Å². The van der Waals surface area contributed by atoms with E-state index < -0.39 is 29.7 Å². The number of nitrogens with one attached hydrogen (secondary N) is 1. The molecule has 0 unspecified atom stereocenters. The fourth-order valence-corrected chi connectivity index (χ4v) is 3.59. The summed E-state index contributed by atoms with van der Waals surface area (Å²) < 4.78 is 10.5. The lowest BCUT2D eigenvalue weighted by molar-refractivity contribution is -0.145. The second-order valence-electron chi connectivity index (χ2n) is 8.52. The number of amides is 1. The van der Waals surface area contributed by atoms with E-state index in [0.29, 0.717) is 0 Å². The first-order valence-electron chi connectivity index (χ1n) is 10.2. The van der Waals surface area contributed by atoms with Gasteiger partial charge in [-0.2, -0.15) is 0 Å². The Bertz CT molecular complexity index is 992. The zero-order valence-corrected chi connectivity index (χ0v) is 17.9. The Morgan fingerprint density at radius 3 is 2.48 bits per heavy atom. The third-order valence-electron chi connectivity index (χ3n) is 4.92. The summed E-state index contributed by atoms with van der Waals surface area (Å²) in [5, 5.41) is 11.6. The summed E-state index contributed by atoms with van der Waals surface area (Å²) in [6.45, 7) is 5.14. The normalized spacial score (nSPS) is 13.0. The largest absolute Gasteiger partial charge is 0.480 e. The van der Waals surface area contributed by atoms with Crippen molar-refractivity contribution in [1.29, 1.82) is 0 Å². The summed E-state index contributed by atoms with van der Waals surface area (Å²) in [7, 11) is 0. The van der Waals surface area contributed by atoms with Crippen molar-refractivity contribution in [2.24, 2.45) is 0 Å². The summed E-state index contributed by atoms with van der Waals surface area (Å²) in [5.74, 6) is -1.77. The van der Waals surface area contributed by atoms with Crippen LogP contribution in [0.2, 0.25) is 0 Å². The second kappa shape index (κ2) is 9.20. The van der Waals surface area contributed by atoms with Crippen LogP contribution in [-0.2, 0) is 32.1 Å². The minimum atomic E-state index is -1.24. The Kier molecular flexibility index (Phi) is 6.63. The van der Waals surface area contributed by atoms with Crippen LogP contribution < -0.4 is 5.32 Å². The van der Waals surface area contributed by atoms with Gasteiger partial charge in [-0.25, -0.2) is 9.59 Å². The smallest absolute Gasteiger partial charge is 0.408 e. The van der Waals surface area contributed by atoms with Crippen LogP contribution >= 0.6 is 0 Å². The molecule has 2 N–H and O–H groups in total. The lowest BCUT2D eigenvalue weighted by Crippen LogP contribution is -2.43. The molecule has 0 radical (unpaired) electrons. The van der Waals surface area contributed by atoms with Gasteiger partial charge in [0.25, 0.3) is 0 Å². The van der Waals surface area contributed by atoms with Gasteiger partial charge in [0.05, 0.1) is 0 Å². The Hall–Kier alpha value is -3.35. The van der Waals surface area contributed by atoms with Crippen molar-refractivity contribution in [1.82, 2.24) is 5.32 Å². The third-order valence-corrected chi connectivity index (χ3v) is 4.92. The van der Waals surface area contributed by atoms with Crippen molar-refractivity contribution < 1.29 is 29.0 Å². The topological polar surface area (TPSA) is 102 Å². The fraction of sp³-hybridized carbons (Fsp3) is 0.375. The Morgan fingerprint density at radius 1 is 1.06 bits per heavy atom. The highest BCUT2D eigenvalue weighted by Crippen LogP contribution is 2.38. The Labute approximate surface area is 181 Å². The number of hydrogen-bond donors (Lipinski definition) is 2. The van der Waals surface area contributed by atoms with E-state index >= 15 is 0 Å². The van der Waals surface area contributed by atoms with Crippen LogP contribution in [0.3, 0.4) is 0 Å². The Balaban J connectivity index is 1.56. The minimum absolute atomic E-state index is 0.0941. The van der Waals surface area contributed by atoms with Crippen LogP contribution in [0.4, 0.5) is 4.79 Å². The number of benzene rings is 2. The van der Waals surface area contributed by atoms with Crippen LogP contribution in [0.15, 0.2) is 42.5 Å². The number of fused-ring (bicyclic) bond motifs is 3. The monoisotopic (exact) mass is 425 g/mol. The van der Waals surface area contributed by atoms with Crippen LogP contribution in [0, 0.1) is 0 Å². The van der Waals surface area contributed by atoms with Gasteiger partial charge >= 0.3 is 18.0 Å². The van der Waals surface area contributed by atoms with Crippen molar-refractivity contribution in [3.8, 4) is 11.1 Å². The summed E-state index contributed by atoms with van der Waals surface area (Å²) in [6.07, 6.45) is -0.224. The van der Waals surface area contributed by atoms with Gasteiger partial charge in [0.2, 0.25) is 0 Å². The van der Waals surface area contributed by atoms with Crippen molar-refractivity contribution in [3.63, 3.8) is 0 Å². The molecule has 7 nitrogen and oxygen atoms in total. The first-order chi connectivity index (χ1) is 14.6. The molecule has 1 amide bonds. The van der Waals surface area contributed by atoms with Crippen LogP contribution in [0.25, 0.3) is 11.1 Å². The van der Waals surface area contributed by atoms with E-state index in [2.05, 4.69) is 23.5 Å². The van der Waals surface area contributed by atoms with Gasteiger partial charge in [-0.05, 0) is 61.4 Å². The lowest BCUT2D eigenvalue weighted by Gasteiger charge is -2.21. The minimum Gasteiger partial charge on any atom is -0.480 e. The predicted octanol–water partition coefficient (Wildman–Crippen LogP) is 4.06. The average molecular weight is 425 g/mol. The first-order valence-corrected chi connectivity index (χ1v) is 10.2. The number of carbonyl (C=O) groups is 3. The van der Waals surface area contributed by atoms with Crippen molar-refractivity contribution in [2.45, 2.75) is 58.3 Å². The highest BCUT2D eigenvalue weighted by atomic mass is 16.6. The average Bonchev–Trinajstić information content (AvgIpc) is 3.07. The standard InChI is InChI=1S/C24H27NO6/c1-24(2,3)31-23(29)25-19(22(27)28)11-12-20(26)30-14-17-9-6-8-16-13-15-7-4-5-10-18(15)21(16)17/h4-10,19H,11-14H2,1-3H3,(H,25,29)(H,27,28)/t19-/m0/s1. The van der Waals surface area contributed by atoms with Gasteiger partial charge in [-0.3, -0.25) is 4.79 Å². The lowest BCUT2D eigenvalue weighted by atomic mass is 10.00. The number of alkyl carbamates (subject to hydrolysis) is 1. The van der Waals surface area contributed by atoms with E-state index in [0.717, 1.165) is 23.1 Å². The number of carboxylic acids is 1. The van der Waals surface area contributed by atoms with Crippen LogP contribution in [0.1, 0.15) is 50.3 Å². The highest BCUT2D eigenvalue weighted by molar-refractivity contribution is 5.81. The van der Waals surface area contributed by atoms with E-state index in [-0.39, 0.29) is 19.4 Å². The molecule has 1 atom stereocenters. The zero-order valence-electron chi connectivity index (χ0n) is 17.9.